The Balaban J connectivity index is 0.000000325. The predicted octanol–water partition coefficient (Wildman–Crippen LogP) is 5.51. The van der Waals surface area contributed by atoms with Gasteiger partial charge in [0.1, 0.15) is 0 Å². The van der Waals surface area contributed by atoms with Gasteiger partial charge in [0, 0.05) is 11.2 Å². The molecule has 1 aromatic rings. The van der Waals surface area contributed by atoms with Gasteiger partial charge in [0.25, 0.3) is 0 Å². The molecule has 2 heteroatoms. The van der Waals surface area contributed by atoms with Crippen LogP contribution in [0.2, 0.25) is 0 Å². The molecule has 0 heterocycles. The zero-order valence-electron chi connectivity index (χ0n) is 9.83. The van der Waals surface area contributed by atoms with Gasteiger partial charge >= 0.3 is 0 Å². The van der Waals surface area contributed by atoms with Gasteiger partial charge in [0.2, 0.25) is 0 Å². The van der Waals surface area contributed by atoms with E-state index in [1.165, 1.54) is 24.8 Å². The van der Waals surface area contributed by atoms with Crippen LogP contribution in [0.5, 0.6) is 0 Å². The number of hydrogen-bond donors (Lipinski definition) is 0. The summed E-state index contributed by atoms with van der Waals surface area (Å²) in [5.74, 6) is 0.827. The molecule has 0 aromatic heterocycles. The number of alkyl halides is 2. The highest BCUT2D eigenvalue weighted by atomic mass is 79.9. The molecule has 0 aliphatic carbocycles. The van der Waals surface area contributed by atoms with Crippen LogP contribution in [-0.4, -0.2) is 11.2 Å². The molecule has 90 valence electrons. The number of hydrogen-bond acceptors (Lipinski definition) is 0. The normalized spacial score (nSPS) is 9.94. The number of halogens is 2. The minimum absolute atomic E-state index is 0.827. The van der Waals surface area contributed by atoms with Crippen molar-refractivity contribution in [2.75, 3.05) is 11.2 Å². The van der Waals surface area contributed by atoms with Gasteiger partial charge in [-0.05, 0) is 12.0 Å². The molecule has 0 unspecified atom stereocenters. The third-order valence-corrected chi connectivity index (χ3v) is 2.58. The van der Waals surface area contributed by atoms with Crippen molar-refractivity contribution in [3.05, 3.63) is 42.0 Å². The van der Waals surface area contributed by atoms with E-state index in [9.17, 15) is 0 Å². The van der Waals surface area contributed by atoms with Crippen LogP contribution in [0.15, 0.2) is 36.4 Å². The summed E-state index contributed by atoms with van der Waals surface area (Å²) < 4.78 is 0. The first-order valence-electron chi connectivity index (χ1n) is 5.68. The van der Waals surface area contributed by atoms with Crippen molar-refractivity contribution in [3.8, 4) is 0 Å². The van der Waals surface area contributed by atoms with Crippen LogP contribution in [-0.2, 0) is 0 Å². The maximum atomic E-state index is 5.38. The second kappa shape index (κ2) is 12.8. The van der Waals surface area contributed by atoms with Gasteiger partial charge in [-0.3, -0.25) is 0 Å². The van der Waals surface area contributed by atoms with Crippen LogP contribution in [0, 0.1) is 0 Å². The standard InChI is InChI=1S/C9H9Br.C5H11Cl/c10-8-4-7-9-5-2-1-3-6-9;1-2-3-4-5-6/h1-7H,8H2;2-5H2,1H3. The maximum absolute atomic E-state index is 5.38. The Morgan fingerprint density at radius 2 is 1.88 bits per heavy atom. The van der Waals surface area contributed by atoms with Crippen molar-refractivity contribution in [2.45, 2.75) is 26.2 Å². The first kappa shape index (κ1) is 15.7. The quantitative estimate of drug-likeness (QED) is 0.497. The SMILES string of the molecule is BrCC=Cc1ccccc1.CCCCCCl. The molecular formula is C14H20BrCl. The fourth-order valence-corrected chi connectivity index (χ4v) is 1.47. The summed E-state index contributed by atoms with van der Waals surface area (Å²) in [5, 5.41) is 0.919. The Labute approximate surface area is 113 Å². The molecule has 0 fully saturated rings. The molecule has 16 heavy (non-hydrogen) atoms. The predicted molar refractivity (Wildman–Crippen MR) is 79.5 cm³/mol. The highest BCUT2D eigenvalue weighted by molar-refractivity contribution is 9.09. The smallest absolute Gasteiger partial charge is 0.0223 e. The molecule has 0 aliphatic heterocycles. The summed E-state index contributed by atoms with van der Waals surface area (Å²) in [4.78, 5) is 0. The summed E-state index contributed by atoms with van der Waals surface area (Å²) >= 11 is 8.70. The summed E-state index contributed by atoms with van der Waals surface area (Å²) in [7, 11) is 0. The van der Waals surface area contributed by atoms with Crippen molar-refractivity contribution in [2.24, 2.45) is 0 Å². The average Bonchev–Trinajstić information content (AvgIpc) is 2.36. The number of allylic oxidation sites excluding steroid dienone is 1. The summed E-state index contributed by atoms with van der Waals surface area (Å²) in [5.41, 5.74) is 1.25. The number of benzene rings is 1. The fourth-order valence-electron chi connectivity index (χ4n) is 1.09. The van der Waals surface area contributed by atoms with Crippen molar-refractivity contribution in [1.82, 2.24) is 0 Å². The van der Waals surface area contributed by atoms with Gasteiger partial charge in [0.15, 0.2) is 0 Å². The molecule has 1 rings (SSSR count). The molecule has 0 saturated heterocycles. The highest BCUT2D eigenvalue weighted by Crippen LogP contribution is 2.00. The zero-order chi connectivity index (χ0) is 12.1. The van der Waals surface area contributed by atoms with E-state index in [1.54, 1.807) is 0 Å². The Hall–Kier alpha value is -0.270. The lowest BCUT2D eigenvalue weighted by molar-refractivity contribution is 0.776. The first-order chi connectivity index (χ1) is 7.85. The van der Waals surface area contributed by atoms with Crippen LogP contribution < -0.4 is 0 Å². The van der Waals surface area contributed by atoms with E-state index < -0.39 is 0 Å². The van der Waals surface area contributed by atoms with E-state index in [0.717, 1.165) is 11.2 Å². The second-order valence-electron chi connectivity index (χ2n) is 3.36. The van der Waals surface area contributed by atoms with Crippen LogP contribution in [0.1, 0.15) is 31.7 Å². The second-order valence-corrected chi connectivity index (χ2v) is 4.39. The molecule has 0 bridgehead atoms. The molecule has 0 nitrogen and oxygen atoms in total. The third kappa shape index (κ3) is 10.3. The van der Waals surface area contributed by atoms with Gasteiger partial charge in [0.05, 0.1) is 0 Å². The van der Waals surface area contributed by atoms with E-state index in [4.69, 9.17) is 11.6 Å². The lowest BCUT2D eigenvalue weighted by Gasteiger charge is -1.88. The molecule has 0 atom stereocenters. The van der Waals surface area contributed by atoms with Crippen molar-refractivity contribution in [3.63, 3.8) is 0 Å². The van der Waals surface area contributed by atoms with Gasteiger partial charge in [-0.25, -0.2) is 0 Å². The molecular weight excluding hydrogens is 284 g/mol. The fraction of sp³-hybridized carbons (Fsp3) is 0.429. The molecule has 0 aliphatic rings. The topological polar surface area (TPSA) is 0 Å². The molecule has 0 radical (unpaired) electrons. The Bertz CT molecular complexity index is 253. The maximum Gasteiger partial charge on any atom is 0.0223 e. The van der Waals surface area contributed by atoms with Crippen molar-refractivity contribution < 1.29 is 0 Å². The summed E-state index contributed by atoms with van der Waals surface area (Å²) in [6.07, 6.45) is 7.90. The monoisotopic (exact) mass is 302 g/mol. The Morgan fingerprint density at radius 1 is 1.19 bits per heavy atom. The molecule has 0 N–H and O–H groups in total. The van der Waals surface area contributed by atoms with Crippen molar-refractivity contribution >= 4 is 33.6 Å². The van der Waals surface area contributed by atoms with E-state index in [1.807, 2.05) is 18.2 Å². The third-order valence-electron chi connectivity index (χ3n) is 1.94. The van der Waals surface area contributed by atoms with Gasteiger partial charge in [-0.15, -0.1) is 11.6 Å². The number of unbranched alkanes of at least 4 members (excludes halogenated alkanes) is 2. The number of rotatable bonds is 5. The summed E-state index contributed by atoms with van der Waals surface area (Å²) in [6.45, 7) is 2.17. The first-order valence-corrected chi connectivity index (χ1v) is 7.34. The average molecular weight is 304 g/mol. The molecule has 0 saturated carbocycles. The van der Waals surface area contributed by atoms with Gasteiger partial charge in [-0.1, -0.05) is 78.2 Å². The molecule has 1 aromatic carbocycles. The van der Waals surface area contributed by atoms with Crippen LogP contribution in [0.4, 0.5) is 0 Å². The van der Waals surface area contributed by atoms with Gasteiger partial charge in [-0.2, -0.15) is 0 Å². The minimum atomic E-state index is 0.827. The Morgan fingerprint density at radius 3 is 2.31 bits per heavy atom. The molecule has 0 spiro atoms. The Kier molecular flexibility index (Phi) is 12.6. The zero-order valence-corrected chi connectivity index (χ0v) is 12.2. The van der Waals surface area contributed by atoms with E-state index in [2.05, 4.69) is 47.1 Å². The highest BCUT2D eigenvalue weighted by Gasteiger charge is 1.79. The van der Waals surface area contributed by atoms with Crippen LogP contribution in [0.25, 0.3) is 6.08 Å². The van der Waals surface area contributed by atoms with E-state index >= 15 is 0 Å². The van der Waals surface area contributed by atoms with Crippen molar-refractivity contribution in [1.29, 1.82) is 0 Å². The minimum Gasteiger partial charge on any atom is -0.127 e. The summed E-state index contributed by atoms with van der Waals surface area (Å²) in [6, 6.07) is 10.3. The van der Waals surface area contributed by atoms with Crippen LogP contribution >= 0.6 is 27.5 Å². The lowest BCUT2D eigenvalue weighted by Crippen LogP contribution is -1.70. The molecule has 0 amide bonds. The van der Waals surface area contributed by atoms with Gasteiger partial charge < -0.3 is 0 Å². The lowest BCUT2D eigenvalue weighted by atomic mass is 10.2. The van der Waals surface area contributed by atoms with E-state index in [0.29, 0.717) is 0 Å². The largest absolute Gasteiger partial charge is 0.127 e. The van der Waals surface area contributed by atoms with Crippen LogP contribution in [0.3, 0.4) is 0 Å². The van der Waals surface area contributed by atoms with E-state index in [-0.39, 0.29) is 0 Å².